The van der Waals surface area contributed by atoms with E-state index >= 15 is 0 Å². The van der Waals surface area contributed by atoms with E-state index in [0.717, 1.165) is 10.6 Å². The Morgan fingerprint density at radius 1 is 1.20 bits per heavy atom. The van der Waals surface area contributed by atoms with Crippen molar-refractivity contribution in [1.29, 1.82) is 0 Å². The van der Waals surface area contributed by atoms with Crippen molar-refractivity contribution in [3.63, 3.8) is 0 Å². The fourth-order valence-electron chi connectivity index (χ4n) is 1.80. The summed E-state index contributed by atoms with van der Waals surface area (Å²) in [5, 5.41) is 7.24. The molecule has 0 saturated heterocycles. The Morgan fingerprint density at radius 2 is 1.85 bits per heavy atom. The average molecular weight is 292 g/mol. The molecule has 2 aromatic heterocycles. The Bertz CT molecular complexity index is 726. The number of amides is 1. The van der Waals surface area contributed by atoms with E-state index in [1.54, 1.807) is 13.8 Å². The first-order valence-electron chi connectivity index (χ1n) is 6.11. The average Bonchev–Trinajstić information content (AvgIpc) is 2.66. The number of nitrogens with one attached hydrogen (secondary N) is 1. The van der Waals surface area contributed by atoms with E-state index in [9.17, 15) is 9.59 Å². The normalized spacial score (nSPS) is 10.7. The van der Waals surface area contributed by atoms with E-state index in [1.807, 2.05) is 13.8 Å². The van der Waals surface area contributed by atoms with Gasteiger partial charge in [0.05, 0.1) is 11.4 Å². The minimum atomic E-state index is -0.442. The summed E-state index contributed by atoms with van der Waals surface area (Å²) >= 11 is 1.39. The van der Waals surface area contributed by atoms with Gasteiger partial charge in [-0.15, -0.1) is 11.3 Å². The molecule has 2 aromatic rings. The summed E-state index contributed by atoms with van der Waals surface area (Å²) < 4.78 is 1.18. The molecule has 20 heavy (non-hydrogen) atoms. The number of hydrogen-bond donors (Lipinski definition) is 1. The van der Waals surface area contributed by atoms with Crippen LogP contribution in [-0.4, -0.2) is 20.7 Å². The van der Waals surface area contributed by atoms with Gasteiger partial charge in [-0.3, -0.25) is 14.9 Å². The van der Waals surface area contributed by atoms with Crippen LogP contribution in [0.5, 0.6) is 0 Å². The first-order valence-corrected chi connectivity index (χ1v) is 6.92. The number of carbonyl (C=O) groups excluding carboxylic acids is 1. The van der Waals surface area contributed by atoms with Crippen molar-refractivity contribution >= 4 is 22.4 Å². The van der Waals surface area contributed by atoms with Gasteiger partial charge in [0.15, 0.2) is 5.13 Å². The van der Waals surface area contributed by atoms with Gasteiger partial charge in [-0.05, 0) is 33.3 Å². The van der Waals surface area contributed by atoms with Gasteiger partial charge in [0, 0.05) is 11.9 Å². The highest BCUT2D eigenvalue weighted by molar-refractivity contribution is 7.15. The molecule has 2 rings (SSSR count). The topological polar surface area (TPSA) is 76.9 Å². The Morgan fingerprint density at radius 3 is 2.40 bits per heavy atom. The zero-order valence-electron chi connectivity index (χ0n) is 12.1. The van der Waals surface area contributed by atoms with Crippen LogP contribution in [0.1, 0.15) is 32.2 Å². The third-order valence-electron chi connectivity index (χ3n) is 3.20. The summed E-state index contributed by atoms with van der Waals surface area (Å²) in [5.41, 5.74) is 1.83. The molecule has 0 bridgehead atoms. The lowest BCUT2D eigenvalue weighted by molar-refractivity contribution is 0.102. The number of anilines is 1. The van der Waals surface area contributed by atoms with E-state index in [1.165, 1.54) is 23.1 Å². The van der Waals surface area contributed by atoms with Crippen molar-refractivity contribution in [3.8, 4) is 0 Å². The second-order valence-corrected chi connectivity index (χ2v) is 5.83. The van der Waals surface area contributed by atoms with Crippen molar-refractivity contribution in [2.24, 2.45) is 7.05 Å². The van der Waals surface area contributed by atoms with Crippen LogP contribution in [0.25, 0.3) is 0 Å². The standard InChI is InChI=1S/C13H16N4O2S/c1-6-7(2)16-17(5)12(19)10(6)11(18)15-13-14-8(3)9(4)20-13/h1-5H3,(H,14,15,18). The molecule has 0 atom stereocenters. The van der Waals surface area contributed by atoms with E-state index in [4.69, 9.17) is 0 Å². The van der Waals surface area contributed by atoms with Gasteiger partial charge in [0.2, 0.25) is 0 Å². The Hall–Kier alpha value is -2.02. The summed E-state index contributed by atoms with van der Waals surface area (Å²) in [4.78, 5) is 29.6. The summed E-state index contributed by atoms with van der Waals surface area (Å²) in [6, 6.07) is 0. The van der Waals surface area contributed by atoms with E-state index < -0.39 is 11.5 Å². The summed E-state index contributed by atoms with van der Waals surface area (Å²) in [7, 11) is 1.53. The molecular weight excluding hydrogens is 276 g/mol. The van der Waals surface area contributed by atoms with Crippen molar-refractivity contribution in [3.05, 3.63) is 37.7 Å². The lowest BCUT2D eigenvalue weighted by Crippen LogP contribution is -2.31. The number of nitrogens with zero attached hydrogens (tertiary/aromatic N) is 3. The Kier molecular flexibility index (Phi) is 3.71. The van der Waals surface area contributed by atoms with Crippen molar-refractivity contribution < 1.29 is 4.79 Å². The van der Waals surface area contributed by atoms with Crippen molar-refractivity contribution in [1.82, 2.24) is 14.8 Å². The molecule has 0 saturated carbocycles. The maximum absolute atomic E-state index is 12.3. The molecule has 106 valence electrons. The van der Waals surface area contributed by atoms with Gasteiger partial charge in [-0.25, -0.2) is 9.67 Å². The van der Waals surface area contributed by atoms with Crippen molar-refractivity contribution in [2.45, 2.75) is 27.7 Å². The molecule has 0 aromatic carbocycles. The molecular formula is C13H16N4O2S. The molecule has 6 nitrogen and oxygen atoms in total. The smallest absolute Gasteiger partial charge is 0.279 e. The van der Waals surface area contributed by atoms with Crippen LogP contribution < -0.4 is 10.9 Å². The zero-order chi connectivity index (χ0) is 15.0. The van der Waals surface area contributed by atoms with E-state index in [0.29, 0.717) is 16.4 Å². The van der Waals surface area contributed by atoms with Crippen LogP contribution in [-0.2, 0) is 7.05 Å². The van der Waals surface area contributed by atoms with Gasteiger partial charge in [-0.1, -0.05) is 0 Å². The molecule has 7 heteroatoms. The summed E-state index contributed by atoms with van der Waals surface area (Å²) in [6.07, 6.45) is 0. The third kappa shape index (κ3) is 2.49. The van der Waals surface area contributed by atoms with Gasteiger partial charge >= 0.3 is 0 Å². The number of hydrogen-bond acceptors (Lipinski definition) is 5. The van der Waals surface area contributed by atoms with Gasteiger partial charge in [-0.2, -0.15) is 5.10 Å². The van der Waals surface area contributed by atoms with E-state index in [-0.39, 0.29) is 5.56 Å². The first kappa shape index (κ1) is 14.4. The Labute approximate surface area is 120 Å². The van der Waals surface area contributed by atoms with Crippen molar-refractivity contribution in [2.75, 3.05) is 5.32 Å². The molecule has 0 spiro atoms. The molecule has 0 aliphatic heterocycles. The van der Waals surface area contributed by atoms with Crippen LogP contribution in [0.3, 0.4) is 0 Å². The number of carbonyl (C=O) groups is 1. The molecule has 0 unspecified atom stereocenters. The third-order valence-corrected chi connectivity index (χ3v) is 4.19. The van der Waals surface area contributed by atoms with Gasteiger partial charge in [0.1, 0.15) is 5.56 Å². The largest absolute Gasteiger partial charge is 0.298 e. The first-order chi connectivity index (χ1) is 9.31. The highest BCUT2D eigenvalue weighted by atomic mass is 32.1. The fourth-order valence-corrected chi connectivity index (χ4v) is 2.61. The van der Waals surface area contributed by atoms with E-state index in [2.05, 4.69) is 15.4 Å². The lowest BCUT2D eigenvalue weighted by Gasteiger charge is -2.08. The highest BCUT2D eigenvalue weighted by Crippen LogP contribution is 2.21. The second-order valence-electron chi connectivity index (χ2n) is 4.63. The van der Waals surface area contributed by atoms with Crippen LogP contribution in [0, 0.1) is 27.7 Å². The van der Waals surface area contributed by atoms with Gasteiger partial charge in [0.25, 0.3) is 11.5 Å². The lowest BCUT2D eigenvalue weighted by atomic mass is 10.1. The van der Waals surface area contributed by atoms with Crippen LogP contribution in [0.15, 0.2) is 4.79 Å². The summed E-state index contributed by atoms with van der Waals surface area (Å²) in [5.74, 6) is -0.442. The number of rotatable bonds is 2. The SMILES string of the molecule is Cc1nc(NC(=O)c2c(C)c(C)nn(C)c2=O)sc1C. The van der Waals surface area contributed by atoms with Crippen LogP contribution in [0.2, 0.25) is 0 Å². The zero-order valence-corrected chi connectivity index (χ0v) is 12.9. The number of aromatic nitrogens is 3. The van der Waals surface area contributed by atoms with Gasteiger partial charge < -0.3 is 0 Å². The summed E-state index contributed by atoms with van der Waals surface area (Å²) in [6.45, 7) is 7.30. The van der Waals surface area contributed by atoms with Crippen LogP contribution in [0.4, 0.5) is 5.13 Å². The number of thiazole rings is 1. The molecule has 2 heterocycles. The minimum Gasteiger partial charge on any atom is -0.298 e. The molecule has 0 aliphatic carbocycles. The molecule has 1 amide bonds. The predicted molar refractivity (Wildman–Crippen MR) is 78.5 cm³/mol. The van der Waals surface area contributed by atoms with Crippen LogP contribution >= 0.6 is 11.3 Å². The number of aryl methyl sites for hydroxylation is 4. The molecule has 1 N–H and O–H groups in total. The predicted octanol–water partition coefficient (Wildman–Crippen LogP) is 1.72. The molecule has 0 radical (unpaired) electrons. The monoisotopic (exact) mass is 292 g/mol. The molecule has 0 aliphatic rings. The highest BCUT2D eigenvalue weighted by Gasteiger charge is 2.19. The Balaban J connectivity index is 2.42. The quantitative estimate of drug-likeness (QED) is 0.914. The maximum Gasteiger partial charge on any atom is 0.279 e. The fraction of sp³-hybridized carbons (Fsp3) is 0.385. The second kappa shape index (κ2) is 5.16. The minimum absolute atomic E-state index is 0.116. The maximum atomic E-state index is 12.3. The molecule has 0 fully saturated rings.